The van der Waals surface area contributed by atoms with Crippen molar-refractivity contribution < 1.29 is 9.66 Å². The van der Waals surface area contributed by atoms with E-state index in [4.69, 9.17) is 4.74 Å². The normalized spacial score (nSPS) is 10.9. The predicted octanol–water partition coefficient (Wildman–Crippen LogP) is 2.44. The van der Waals surface area contributed by atoms with E-state index >= 15 is 0 Å². The van der Waals surface area contributed by atoms with Gasteiger partial charge in [-0.25, -0.2) is 0 Å². The first-order chi connectivity index (χ1) is 7.95. The number of ether oxygens (including phenoxy) is 1. The van der Waals surface area contributed by atoms with Crippen LogP contribution in [0.4, 0.5) is 5.69 Å². The van der Waals surface area contributed by atoms with Crippen LogP contribution in [0.5, 0.6) is 5.75 Å². The SMILES string of the molecule is COc1ccc([N+](=O)[O-])cc1CN(C)C(C)C. The van der Waals surface area contributed by atoms with Gasteiger partial charge in [-0.05, 0) is 27.0 Å². The largest absolute Gasteiger partial charge is 0.496 e. The van der Waals surface area contributed by atoms with Crippen molar-refractivity contribution in [2.24, 2.45) is 0 Å². The first kappa shape index (κ1) is 13.4. The van der Waals surface area contributed by atoms with Crippen LogP contribution in [-0.2, 0) is 6.54 Å². The van der Waals surface area contributed by atoms with Crippen molar-refractivity contribution in [2.45, 2.75) is 26.4 Å². The predicted molar refractivity (Wildman–Crippen MR) is 66.3 cm³/mol. The molecule has 1 aromatic carbocycles. The molecule has 0 aliphatic heterocycles. The number of hydrogen-bond acceptors (Lipinski definition) is 4. The lowest BCUT2D eigenvalue weighted by Crippen LogP contribution is -2.25. The van der Waals surface area contributed by atoms with Gasteiger partial charge in [-0.2, -0.15) is 0 Å². The van der Waals surface area contributed by atoms with Gasteiger partial charge in [0.2, 0.25) is 0 Å². The van der Waals surface area contributed by atoms with Gasteiger partial charge in [-0.1, -0.05) is 0 Å². The first-order valence-corrected chi connectivity index (χ1v) is 5.47. The van der Waals surface area contributed by atoms with Crippen LogP contribution in [-0.4, -0.2) is 30.0 Å². The van der Waals surface area contributed by atoms with Crippen LogP contribution in [0.15, 0.2) is 18.2 Å². The van der Waals surface area contributed by atoms with Crippen molar-refractivity contribution in [1.29, 1.82) is 0 Å². The lowest BCUT2D eigenvalue weighted by atomic mass is 10.1. The van der Waals surface area contributed by atoms with E-state index in [1.54, 1.807) is 19.2 Å². The molecule has 0 fully saturated rings. The number of nitrogens with zero attached hydrogens (tertiary/aromatic N) is 2. The third-order valence-corrected chi connectivity index (χ3v) is 2.78. The maximum atomic E-state index is 10.7. The van der Waals surface area contributed by atoms with Crippen LogP contribution in [0.3, 0.4) is 0 Å². The van der Waals surface area contributed by atoms with E-state index in [1.165, 1.54) is 6.07 Å². The number of non-ortho nitro benzene ring substituents is 1. The Morgan fingerprint density at radius 2 is 2.12 bits per heavy atom. The Balaban J connectivity index is 3.02. The average Bonchev–Trinajstić information content (AvgIpc) is 2.28. The maximum absolute atomic E-state index is 10.7. The van der Waals surface area contributed by atoms with E-state index in [2.05, 4.69) is 18.7 Å². The molecule has 0 amide bonds. The molecule has 0 saturated carbocycles. The summed E-state index contributed by atoms with van der Waals surface area (Å²) >= 11 is 0. The minimum absolute atomic E-state index is 0.0953. The molecular weight excluding hydrogens is 220 g/mol. The van der Waals surface area contributed by atoms with Gasteiger partial charge in [0.05, 0.1) is 12.0 Å². The fourth-order valence-corrected chi connectivity index (χ4v) is 1.45. The highest BCUT2D eigenvalue weighted by Gasteiger charge is 2.13. The highest BCUT2D eigenvalue weighted by Crippen LogP contribution is 2.25. The minimum Gasteiger partial charge on any atom is -0.496 e. The van der Waals surface area contributed by atoms with Crippen LogP contribution < -0.4 is 4.74 Å². The Morgan fingerprint density at radius 3 is 2.59 bits per heavy atom. The number of hydrogen-bond donors (Lipinski definition) is 0. The van der Waals surface area contributed by atoms with Gasteiger partial charge in [0, 0.05) is 30.3 Å². The zero-order valence-electron chi connectivity index (χ0n) is 10.6. The molecule has 0 saturated heterocycles. The smallest absolute Gasteiger partial charge is 0.270 e. The second-order valence-corrected chi connectivity index (χ2v) is 4.26. The zero-order valence-corrected chi connectivity index (χ0v) is 10.6. The number of methoxy groups -OCH3 is 1. The number of nitro benzene ring substituents is 1. The summed E-state index contributed by atoms with van der Waals surface area (Å²) in [5.41, 5.74) is 0.927. The van der Waals surface area contributed by atoms with E-state index in [0.29, 0.717) is 18.3 Å². The van der Waals surface area contributed by atoms with Gasteiger partial charge in [-0.3, -0.25) is 15.0 Å². The third-order valence-electron chi connectivity index (χ3n) is 2.78. The average molecular weight is 238 g/mol. The molecule has 5 heteroatoms. The van der Waals surface area contributed by atoms with Gasteiger partial charge < -0.3 is 4.74 Å². The first-order valence-electron chi connectivity index (χ1n) is 5.47. The summed E-state index contributed by atoms with van der Waals surface area (Å²) in [7, 11) is 3.54. The fourth-order valence-electron chi connectivity index (χ4n) is 1.45. The standard InChI is InChI=1S/C12H18N2O3/c1-9(2)13(3)8-10-7-11(14(15)16)5-6-12(10)17-4/h5-7,9H,8H2,1-4H3. The topological polar surface area (TPSA) is 55.6 Å². The molecule has 0 aliphatic rings. The van der Waals surface area contributed by atoms with Crippen LogP contribution >= 0.6 is 0 Å². The summed E-state index contributed by atoms with van der Waals surface area (Å²) in [6, 6.07) is 5.04. The summed E-state index contributed by atoms with van der Waals surface area (Å²) in [6.45, 7) is 4.77. The molecule has 0 bridgehead atoms. The molecule has 5 nitrogen and oxygen atoms in total. The van der Waals surface area contributed by atoms with Gasteiger partial charge in [-0.15, -0.1) is 0 Å². The summed E-state index contributed by atoms with van der Waals surface area (Å²) in [6.07, 6.45) is 0. The molecule has 0 aliphatic carbocycles. The van der Waals surface area contributed by atoms with E-state index < -0.39 is 4.92 Å². The highest BCUT2D eigenvalue weighted by molar-refractivity contribution is 5.43. The molecule has 0 spiro atoms. The van der Waals surface area contributed by atoms with Crippen molar-refractivity contribution in [3.05, 3.63) is 33.9 Å². The fraction of sp³-hybridized carbons (Fsp3) is 0.500. The number of benzene rings is 1. The summed E-state index contributed by atoms with van der Waals surface area (Å²) in [5, 5.41) is 10.7. The Hall–Kier alpha value is -1.62. The molecule has 0 aromatic heterocycles. The molecule has 94 valence electrons. The molecular formula is C12H18N2O3. The van der Waals surface area contributed by atoms with Crippen molar-refractivity contribution >= 4 is 5.69 Å². The van der Waals surface area contributed by atoms with Crippen molar-refractivity contribution in [1.82, 2.24) is 4.90 Å². The Labute approximate surface area is 101 Å². The third kappa shape index (κ3) is 3.42. The Morgan fingerprint density at radius 1 is 1.47 bits per heavy atom. The molecule has 0 heterocycles. The molecule has 0 N–H and O–H groups in total. The molecule has 17 heavy (non-hydrogen) atoms. The van der Waals surface area contributed by atoms with Crippen molar-refractivity contribution in [3.8, 4) is 5.75 Å². The molecule has 1 aromatic rings. The van der Waals surface area contributed by atoms with Crippen LogP contribution in [0.1, 0.15) is 19.4 Å². The quantitative estimate of drug-likeness (QED) is 0.584. The lowest BCUT2D eigenvalue weighted by molar-refractivity contribution is -0.385. The Bertz CT molecular complexity index is 405. The molecule has 1 rings (SSSR count). The maximum Gasteiger partial charge on any atom is 0.270 e. The second-order valence-electron chi connectivity index (χ2n) is 4.26. The summed E-state index contributed by atoms with van der Waals surface area (Å²) < 4.78 is 5.21. The van der Waals surface area contributed by atoms with Crippen LogP contribution in [0, 0.1) is 10.1 Å². The van der Waals surface area contributed by atoms with Crippen LogP contribution in [0.25, 0.3) is 0 Å². The number of rotatable bonds is 5. The Kier molecular flexibility index (Phi) is 4.45. The van der Waals surface area contributed by atoms with Gasteiger partial charge >= 0.3 is 0 Å². The highest BCUT2D eigenvalue weighted by atomic mass is 16.6. The molecule has 0 radical (unpaired) electrons. The second kappa shape index (κ2) is 5.63. The summed E-state index contributed by atoms with van der Waals surface area (Å²) in [5.74, 6) is 0.683. The molecule has 0 atom stereocenters. The van der Waals surface area contributed by atoms with Crippen LogP contribution in [0.2, 0.25) is 0 Å². The van der Waals surface area contributed by atoms with Gasteiger partial charge in [0.25, 0.3) is 5.69 Å². The van der Waals surface area contributed by atoms with E-state index in [0.717, 1.165) is 5.56 Å². The summed E-state index contributed by atoms with van der Waals surface area (Å²) in [4.78, 5) is 12.4. The monoisotopic (exact) mass is 238 g/mol. The van der Waals surface area contributed by atoms with Gasteiger partial charge in [0.1, 0.15) is 5.75 Å². The van der Waals surface area contributed by atoms with E-state index in [9.17, 15) is 10.1 Å². The van der Waals surface area contributed by atoms with E-state index in [-0.39, 0.29) is 5.69 Å². The zero-order chi connectivity index (χ0) is 13.0. The molecule has 0 unspecified atom stereocenters. The lowest BCUT2D eigenvalue weighted by Gasteiger charge is -2.21. The van der Waals surface area contributed by atoms with E-state index in [1.807, 2.05) is 7.05 Å². The van der Waals surface area contributed by atoms with Gasteiger partial charge in [0.15, 0.2) is 0 Å². The van der Waals surface area contributed by atoms with Crippen molar-refractivity contribution in [2.75, 3.05) is 14.2 Å². The minimum atomic E-state index is -0.391. The van der Waals surface area contributed by atoms with Crippen molar-refractivity contribution in [3.63, 3.8) is 0 Å². The number of nitro groups is 1.